The van der Waals surface area contributed by atoms with Gasteiger partial charge in [-0.2, -0.15) is 0 Å². The number of fused-ring (bicyclic) bond motifs is 1. The third-order valence-electron chi connectivity index (χ3n) is 2.08. The monoisotopic (exact) mass is 208 g/mol. The predicted molar refractivity (Wildman–Crippen MR) is 51.4 cm³/mol. The molecule has 0 aromatic heterocycles. The molecule has 0 aliphatic heterocycles. The van der Waals surface area contributed by atoms with E-state index in [0.717, 1.165) is 0 Å². The first kappa shape index (κ1) is 7.11. The average molecular weight is 209 g/mol. The van der Waals surface area contributed by atoms with Crippen LogP contribution in [0.5, 0.6) is 0 Å². The van der Waals surface area contributed by atoms with Crippen molar-refractivity contribution in [2.45, 2.75) is 0 Å². The Kier molecular flexibility index (Phi) is 1.82. The number of allylic oxidation sites excluding steroid dienone is 8. The van der Waals surface area contributed by atoms with Crippen molar-refractivity contribution in [2.75, 3.05) is 0 Å². The molecular weight excluding hydrogens is 200 g/mol. The molecule has 2 atom stereocenters. The lowest BCUT2D eigenvalue weighted by atomic mass is 9.85. The maximum Gasteiger partial charge on any atom is 0.0185 e. The van der Waals surface area contributed by atoms with Gasteiger partial charge in [-0.3, -0.25) is 0 Å². The average Bonchev–Trinajstić information content (AvgIpc) is 2.06. The van der Waals surface area contributed by atoms with Crippen molar-refractivity contribution >= 4 is 15.9 Å². The number of hydrogen-bond acceptors (Lipinski definition) is 0. The van der Waals surface area contributed by atoms with Crippen molar-refractivity contribution < 1.29 is 0 Å². The van der Waals surface area contributed by atoms with Crippen LogP contribution >= 0.6 is 15.9 Å². The summed E-state index contributed by atoms with van der Waals surface area (Å²) in [5, 5.41) is 0. The first-order chi connectivity index (χ1) is 5.38. The highest BCUT2D eigenvalue weighted by molar-refractivity contribution is 9.11. The zero-order chi connectivity index (χ0) is 7.68. The topological polar surface area (TPSA) is 0 Å². The third-order valence-corrected chi connectivity index (χ3v) is 2.88. The van der Waals surface area contributed by atoms with Crippen LogP contribution in [0.15, 0.2) is 47.0 Å². The minimum Gasteiger partial charge on any atom is -0.0767 e. The molecule has 0 aromatic carbocycles. The van der Waals surface area contributed by atoms with Gasteiger partial charge in [0.05, 0.1) is 0 Å². The third kappa shape index (κ3) is 1.25. The van der Waals surface area contributed by atoms with Crippen LogP contribution < -0.4 is 0 Å². The second-order valence-corrected chi connectivity index (χ2v) is 3.73. The van der Waals surface area contributed by atoms with Crippen molar-refractivity contribution in [3.63, 3.8) is 0 Å². The summed E-state index contributed by atoms with van der Waals surface area (Å²) >= 11 is 3.55. The van der Waals surface area contributed by atoms with Crippen molar-refractivity contribution in [1.82, 2.24) is 0 Å². The molecule has 2 rings (SSSR count). The molecule has 0 saturated heterocycles. The first-order valence-corrected chi connectivity index (χ1v) is 4.56. The summed E-state index contributed by atoms with van der Waals surface area (Å²) in [7, 11) is 0. The molecule has 0 radical (unpaired) electrons. The lowest BCUT2D eigenvalue weighted by Gasteiger charge is -2.23. The Morgan fingerprint density at radius 1 is 1.00 bits per heavy atom. The molecule has 0 fully saturated rings. The summed E-state index contributed by atoms with van der Waals surface area (Å²) in [6, 6.07) is 0. The molecule has 0 nitrogen and oxygen atoms in total. The van der Waals surface area contributed by atoms with Gasteiger partial charge in [0.2, 0.25) is 0 Å². The molecule has 0 heterocycles. The summed E-state index contributed by atoms with van der Waals surface area (Å²) in [4.78, 5) is 0. The van der Waals surface area contributed by atoms with Crippen molar-refractivity contribution in [3.8, 4) is 0 Å². The molecule has 2 unspecified atom stereocenters. The Bertz CT molecular complexity index is 269. The molecule has 56 valence electrons. The van der Waals surface area contributed by atoms with Gasteiger partial charge in [0.15, 0.2) is 0 Å². The van der Waals surface area contributed by atoms with Crippen LogP contribution in [0, 0.1) is 11.8 Å². The fourth-order valence-electron chi connectivity index (χ4n) is 1.47. The molecule has 0 amide bonds. The molecule has 2 aliphatic carbocycles. The van der Waals surface area contributed by atoms with Gasteiger partial charge < -0.3 is 0 Å². The van der Waals surface area contributed by atoms with Crippen LogP contribution in [-0.4, -0.2) is 0 Å². The zero-order valence-electron chi connectivity index (χ0n) is 6.07. The SMILES string of the molecule is BrC1=CC=CC2C=CC=CC12. The van der Waals surface area contributed by atoms with Gasteiger partial charge in [0.1, 0.15) is 0 Å². The van der Waals surface area contributed by atoms with E-state index in [4.69, 9.17) is 0 Å². The number of hydrogen-bond donors (Lipinski definition) is 0. The molecule has 0 N–H and O–H groups in total. The van der Waals surface area contributed by atoms with Gasteiger partial charge in [-0.1, -0.05) is 58.5 Å². The maximum atomic E-state index is 3.55. The van der Waals surface area contributed by atoms with Crippen LogP contribution in [0.2, 0.25) is 0 Å². The Morgan fingerprint density at radius 2 is 1.73 bits per heavy atom. The highest BCUT2D eigenvalue weighted by Crippen LogP contribution is 2.33. The predicted octanol–water partition coefficient (Wildman–Crippen LogP) is 3.19. The van der Waals surface area contributed by atoms with E-state index in [1.54, 1.807) is 0 Å². The van der Waals surface area contributed by atoms with Gasteiger partial charge in [-0.25, -0.2) is 0 Å². The molecular formula is C10H9Br. The molecule has 0 bridgehead atoms. The van der Waals surface area contributed by atoms with E-state index in [0.29, 0.717) is 11.8 Å². The second kappa shape index (κ2) is 2.82. The normalized spacial score (nSPS) is 33.4. The highest BCUT2D eigenvalue weighted by atomic mass is 79.9. The fraction of sp³-hybridized carbons (Fsp3) is 0.200. The van der Waals surface area contributed by atoms with E-state index in [9.17, 15) is 0 Å². The molecule has 1 heteroatoms. The Morgan fingerprint density at radius 3 is 2.55 bits per heavy atom. The van der Waals surface area contributed by atoms with Gasteiger partial charge in [-0.05, 0) is 0 Å². The van der Waals surface area contributed by atoms with E-state index < -0.39 is 0 Å². The van der Waals surface area contributed by atoms with E-state index in [1.807, 2.05) is 0 Å². The molecule has 11 heavy (non-hydrogen) atoms. The zero-order valence-corrected chi connectivity index (χ0v) is 7.66. The molecule has 2 aliphatic rings. The van der Waals surface area contributed by atoms with Gasteiger partial charge in [-0.15, -0.1) is 0 Å². The molecule has 0 spiro atoms. The van der Waals surface area contributed by atoms with E-state index in [-0.39, 0.29) is 0 Å². The Balaban J connectivity index is 2.33. The van der Waals surface area contributed by atoms with E-state index in [2.05, 4.69) is 58.5 Å². The lowest BCUT2D eigenvalue weighted by molar-refractivity contribution is 0.653. The minimum absolute atomic E-state index is 0.546. The van der Waals surface area contributed by atoms with Crippen molar-refractivity contribution in [1.29, 1.82) is 0 Å². The van der Waals surface area contributed by atoms with Gasteiger partial charge in [0, 0.05) is 16.3 Å². The quantitative estimate of drug-likeness (QED) is 0.574. The van der Waals surface area contributed by atoms with Crippen LogP contribution in [0.3, 0.4) is 0 Å². The molecule has 0 aromatic rings. The first-order valence-electron chi connectivity index (χ1n) is 3.77. The van der Waals surface area contributed by atoms with Gasteiger partial charge in [0.25, 0.3) is 0 Å². The molecule has 0 saturated carbocycles. The van der Waals surface area contributed by atoms with Crippen LogP contribution in [0.25, 0.3) is 0 Å². The number of halogens is 1. The lowest BCUT2D eigenvalue weighted by Crippen LogP contribution is -2.12. The van der Waals surface area contributed by atoms with Crippen molar-refractivity contribution in [3.05, 3.63) is 47.0 Å². The summed E-state index contributed by atoms with van der Waals surface area (Å²) < 4.78 is 1.28. The van der Waals surface area contributed by atoms with Crippen molar-refractivity contribution in [2.24, 2.45) is 11.8 Å². The second-order valence-electron chi connectivity index (χ2n) is 2.81. The largest absolute Gasteiger partial charge is 0.0767 e. The van der Waals surface area contributed by atoms with Gasteiger partial charge >= 0.3 is 0 Å². The van der Waals surface area contributed by atoms with Crippen LogP contribution in [0.4, 0.5) is 0 Å². The highest BCUT2D eigenvalue weighted by Gasteiger charge is 2.20. The summed E-state index contributed by atoms with van der Waals surface area (Å²) in [5.74, 6) is 1.12. The summed E-state index contributed by atoms with van der Waals surface area (Å²) in [5.41, 5.74) is 0. The van der Waals surface area contributed by atoms with E-state index >= 15 is 0 Å². The van der Waals surface area contributed by atoms with Crippen LogP contribution in [-0.2, 0) is 0 Å². The Hall–Kier alpha value is -0.560. The smallest absolute Gasteiger partial charge is 0.0185 e. The minimum atomic E-state index is 0.546. The standard InChI is InChI=1S/C10H9Br/c11-10-7-3-5-8-4-1-2-6-9(8)10/h1-9H. The van der Waals surface area contributed by atoms with E-state index in [1.165, 1.54) is 4.48 Å². The Labute approximate surface area is 75.1 Å². The fourth-order valence-corrected chi connectivity index (χ4v) is 2.08. The number of rotatable bonds is 0. The summed E-state index contributed by atoms with van der Waals surface area (Å²) in [6.45, 7) is 0. The van der Waals surface area contributed by atoms with Crippen LogP contribution in [0.1, 0.15) is 0 Å². The summed E-state index contributed by atoms with van der Waals surface area (Å²) in [6.07, 6.45) is 15.1. The maximum absolute atomic E-state index is 3.55.